The van der Waals surface area contributed by atoms with Crippen molar-refractivity contribution in [3.8, 4) is 5.75 Å². The van der Waals surface area contributed by atoms with Crippen LogP contribution >= 0.6 is 0 Å². The summed E-state index contributed by atoms with van der Waals surface area (Å²) in [7, 11) is 0. The number of ether oxygens (including phenoxy) is 1. The van der Waals surface area contributed by atoms with Crippen molar-refractivity contribution < 1.29 is 9.53 Å². The highest BCUT2D eigenvalue weighted by Gasteiger charge is 2.26. The highest BCUT2D eigenvalue weighted by atomic mass is 16.5. The van der Waals surface area contributed by atoms with Crippen molar-refractivity contribution in [2.75, 3.05) is 18.1 Å². The van der Waals surface area contributed by atoms with E-state index in [0.29, 0.717) is 12.5 Å². The van der Waals surface area contributed by atoms with Crippen LogP contribution in [-0.2, 0) is 4.79 Å². The van der Waals surface area contributed by atoms with Crippen LogP contribution in [0.25, 0.3) is 0 Å². The Labute approximate surface area is 108 Å². The first-order valence-corrected chi connectivity index (χ1v) is 6.31. The highest BCUT2D eigenvalue weighted by molar-refractivity contribution is 5.97. The molecule has 2 N–H and O–H groups in total. The van der Waals surface area contributed by atoms with Gasteiger partial charge >= 0.3 is 0 Å². The van der Waals surface area contributed by atoms with Crippen molar-refractivity contribution in [3.05, 3.63) is 23.8 Å². The molecule has 1 aliphatic heterocycles. The van der Waals surface area contributed by atoms with Gasteiger partial charge in [0.15, 0.2) is 6.61 Å². The van der Waals surface area contributed by atoms with Gasteiger partial charge in [-0.2, -0.15) is 0 Å². The first-order chi connectivity index (χ1) is 8.49. The Bertz CT molecular complexity index is 455. The molecule has 1 amide bonds. The summed E-state index contributed by atoms with van der Waals surface area (Å²) in [5.74, 6) is 1.19. The fourth-order valence-electron chi connectivity index (χ4n) is 2.07. The van der Waals surface area contributed by atoms with Crippen molar-refractivity contribution >= 4 is 11.6 Å². The molecule has 0 saturated carbocycles. The Morgan fingerprint density at radius 1 is 1.39 bits per heavy atom. The topological polar surface area (TPSA) is 55.6 Å². The van der Waals surface area contributed by atoms with Crippen LogP contribution in [0.4, 0.5) is 5.69 Å². The monoisotopic (exact) mass is 248 g/mol. The van der Waals surface area contributed by atoms with Crippen LogP contribution in [0, 0.1) is 5.92 Å². The van der Waals surface area contributed by atoms with Gasteiger partial charge < -0.3 is 15.4 Å². The number of benzene rings is 1. The molecule has 1 atom stereocenters. The van der Waals surface area contributed by atoms with E-state index in [0.717, 1.165) is 17.0 Å². The summed E-state index contributed by atoms with van der Waals surface area (Å²) in [6.07, 6.45) is 0. The molecular weight excluding hydrogens is 228 g/mol. The van der Waals surface area contributed by atoms with Crippen LogP contribution in [-0.4, -0.2) is 19.1 Å². The smallest absolute Gasteiger partial charge is 0.265 e. The molecular formula is C14H20N2O2. The fraction of sp³-hybridized carbons (Fsp3) is 0.500. The molecule has 98 valence electrons. The van der Waals surface area contributed by atoms with E-state index in [2.05, 4.69) is 13.8 Å². The first kappa shape index (κ1) is 12.9. The molecule has 4 nitrogen and oxygen atoms in total. The molecule has 0 spiro atoms. The zero-order chi connectivity index (χ0) is 13.3. The van der Waals surface area contributed by atoms with E-state index in [1.54, 1.807) is 4.90 Å². The third-order valence-corrected chi connectivity index (χ3v) is 3.00. The Kier molecular flexibility index (Phi) is 3.57. The van der Waals surface area contributed by atoms with Crippen molar-refractivity contribution in [3.63, 3.8) is 0 Å². The Balaban J connectivity index is 2.40. The van der Waals surface area contributed by atoms with Crippen molar-refractivity contribution in [1.29, 1.82) is 0 Å². The largest absolute Gasteiger partial charge is 0.482 e. The molecule has 1 heterocycles. The van der Waals surface area contributed by atoms with E-state index in [4.69, 9.17) is 10.5 Å². The van der Waals surface area contributed by atoms with Crippen LogP contribution in [0.15, 0.2) is 18.2 Å². The molecule has 1 aliphatic rings. The standard InChI is InChI=1S/C14H20N2O2/c1-9(2)7-16-12-6-11(10(3)15)4-5-13(12)18-8-14(16)17/h4-6,9-10H,7-8,15H2,1-3H3. The maximum Gasteiger partial charge on any atom is 0.265 e. The predicted molar refractivity (Wildman–Crippen MR) is 71.7 cm³/mol. The summed E-state index contributed by atoms with van der Waals surface area (Å²) < 4.78 is 5.45. The Morgan fingerprint density at radius 3 is 2.72 bits per heavy atom. The summed E-state index contributed by atoms with van der Waals surface area (Å²) in [5.41, 5.74) is 7.74. The average molecular weight is 248 g/mol. The summed E-state index contributed by atoms with van der Waals surface area (Å²) >= 11 is 0. The number of amides is 1. The molecule has 0 bridgehead atoms. The van der Waals surface area contributed by atoms with Crippen molar-refractivity contribution in [1.82, 2.24) is 0 Å². The second-order valence-corrected chi connectivity index (χ2v) is 5.20. The summed E-state index contributed by atoms with van der Waals surface area (Å²) in [6.45, 7) is 6.95. The number of nitrogens with zero attached hydrogens (tertiary/aromatic N) is 1. The fourth-order valence-corrected chi connectivity index (χ4v) is 2.07. The number of hydrogen-bond donors (Lipinski definition) is 1. The lowest BCUT2D eigenvalue weighted by Gasteiger charge is -2.31. The van der Waals surface area contributed by atoms with E-state index in [1.807, 2.05) is 25.1 Å². The number of rotatable bonds is 3. The van der Waals surface area contributed by atoms with Crippen LogP contribution in [0.1, 0.15) is 32.4 Å². The molecule has 1 aromatic carbocycles. The van der Waals surface area contributed by atoms with Crippen molar-refractivity contribution in [2.45, 2.75) is 26.8 Å². The Morgan fingerprint density at radius 2 is 2.11 bits per heavy atom. The molecule has 0 aliphatic carbocycles. The van der Waals surface area contributed by atoms with Crippen molar-refractivity contribution in [2.24, 2.45) is 11.7 Å². The van der Waals surface area contributed by atoms with Gasteiger partial charge in [-0.15, -0.1) is 0 Å². The summed E-state index contributed by atoms with van der Waals surface area (Å²) in [5, 5.41) is 0. The zero-order valence-electron chi connectivity index (χ0n) is 11.1. The van der Waals surface area contributed by atoms with Gasteiger partial charge in [-0.25, -0.2) is 0 Å². The summed E-state index contributed by atoms with van der Waals surface area (Å²) in [4.78, 5) is 13.7. The molecule has 0 fully saturated rings. The lowest BCUT2D eigenvalue weighted by molar-refractivity contribution is -0.121. The van der Waals surface area contributed by atoms with Gasteiger partial charge in [-0.05, 0) is 30.5 Å². The second-order valence-electron chi connectivity index (χ2n) is 5.20. The predicted octanol–water partition coefficient (Wildman–Crippen LogP) is 2.09. The number of anilines is 1. The van der Waals surface area contributed by atoms with Crippen LogP contribution < -0.4 is 15.4 Å². The third-order valence-electron chi connectivity index (χ3n) is 3.00. The quantitative estimate of drug-likeness (QED) is 0.891. The van der Waals surface area contributed by atoms with Gasteiger partial charge in [0.1, 0.15) is 5.75 Å². The highest BCUT2D eigenvalue weighted by Crippen LogP contribution is 2.34. The van der Waals surface area contributed by atoms with Gasteiger partial charge in [0.05, 0.1) is 5.69 Å². The van der Waals surface area contributed by atoms with E-state index < -0.39 is 0 Å². The molecule has 18 heavy (non-hydrogen) atoms. The molecule has 4 heteroatoms. The normalized spacial score (nSPS) is 16.5. The van der Waals surface area contributed by atoms with Gasteiger partial charge in [-0.3, -0.25) is 4.79 Å². The zero-order valence-corrected chi connectivity index (χ0v) is 11.1. The number of fused-ring (bicyclic) bond motifs is 1. The lowest BCUT2D eigenvalue weighted by Crippen LogP contribution is -2.41. The van der Waals surface area contributed by atoms with E-state index in [9.17, 15) is 4.79 Å². The van der Waals surface area contributed by atoms with E-state index >= 15 is 0 Å². The average Bonchev–Trinajstić information content (AvgIpc) is 2.31. The number of carbonyl (C=O) groups excluding carboxylic acids is 1. The maximum atomic E-state index is 11.9. The number of hydrogen-bond acceptors (Lipinski definition) is 3. The molecule has 0 saturated heterocycles. The minimum absolute atomic E-state index is 0.0121. The molecule has 0 radical (unpaired) electrons. The van der Waals surface area contributed by atoms with Crippen LogP contribution in [0.5, 0.6) is 5.75 Å². The minimum Gasteiger partial charge on any atom is -0.482 e. The lowest BCUT2D eigenvalue weighted by atomic mass is 10.1. The van der Waals surface area contributed by atoms with Crippen LogP contribution in [0.2, 0.25) is 0 Å². The Hall–Kier alpha value is -1.55. The van der Waals surface area contributed by atoms with Gasteiger partial charge in [0.2, 0.25) is 0 Å². The first-order valence-electron chi connectivity index (χ1n) is 6.31. The minimum atomic E-state index is -0.0479. The van der Waals surface area contributed by atoms with E-state index in [1.165, 1.54) is 0 Å². The van der Waals surface area contributed by atoms with Crippen LogP contribution in [0.3, 0.4) is 0 Å². The molecule has 2 rings (SSSR count). The summed E-state index contributed by atoms with van der Waals surface area (Å²) in [6, 6.07) is 5.76. The third kappa shape index (κ3) is 2.48. The molecule has 0 aromatic heterocycles. The maximum absolute atomic E-state index is 11.9. The SMILES string of the molecule is CC(C)CN1C(=O)COc2ccc(C(C)N)cc21. The van der Waals surface area contributed by atoms with E-state index in [-0.39, 0.29) is 18.6 Å². The van der Waals surface area contributed by atoms with Gasteiger partial charge in [-0.1, -0.05) is 19.9 Å². The second kappa shape index (κ2) is 4.98. The molecule has 1 aromatic rings. The number of carbonyl (C=O) groups is 1. The molecule has 1 unspecified atom stereocenters. The number of nitrogens with two attached hydrogens (primary N) is 1. The van der Waals surface area contributed by atoms with Gasteiger partial charge in [0, 0.05) is 12.6 Å². The van der Waals surface area contributed by atoms with Gasteiger partial charge in [0.25, 0.3) is 5.91 Å².